The van der Waals surface area contributed by atoms with Gasteiger partial charge in [0.05, 0.1) is 10.5 Å². The fourth-order valence-corrected chi connectivity index (χ4v) is 4.75. The third-order valence-corrected chi connectivity index (χ3v) is 6.74. The van der Waals surface area contributed by atoms with Gasteiger partial charge in [0.15, 0.2) is 6.61 Å². The van der Waals surface area contributed by atoms with Crippen LogP contribution >= 0.6 is 11.6 Å². The minimum Gasteiger partial charge on any atom is -0.452 e. The number of amides is 1. The predicted molar refractivity (Wildman–Crippen MR) is 110 cm³/mol. The maximum absolute atomic E-state index is 12.5. The van der Waals surface area contributed by atoms with Crippen LogP contribution in [0.15, 0.2) is 47.4 Å². The Labute approximate surface area is 174 Å². The second-order valence-electron chi connectivity index (χ2n) is 6.72. The Hall–Kier alpha value is -2.42. The highest BCUT2D eigenvalue weighted by atomic mass is 35.5. The molecular weight excluding hydrogens is 416 g/mol. The van der Waals surface area contributed by atoms with Crippen LogP contribution in [0.5, 0.6) is 0 Å². The summed E-state index contributed by atoms with van der Waals surface area (Å²) in [6.07, 6.45) is 1.70. The Balaban J connectivity index is 1.57. The molecule has 154 valence electrons. The molecule has 1 aliphatic heterocycles. The molecule has 1 heterocycles. The molecule has 0 saturated carbocycles. The molecule has 0 atom stereocenters. The summed E-state index contributed by atoms with van der Waals surface area (Å²) in [4.78, 5) is 24.3. The van der Waals surface area contributed by atoms with Crippen molar-refractivity contribution in [3.8, 4) is 0 Å². The van der Waals surface area contributed by atoms with Gasteiger partial charge in [-0.3, -0.25) is 4.79 Å². The number of esters is 1. The van der Waals surface area contributed by atoms with Gasteiger partial charge in [-0.25, -0.2) is 13.2 Å². The molecule has 29 heavy (non-hydrogen) atoms. The highest BCUT2D eigenvalue weighted by molar-refractivity contribution is 7.89. The fraction of sp³-hybridized carbons (Fsp3) is 0.300. The quantitative estimate of drug-likeness (QED) is 0.702. The third-order valence-electron chi connectivity index (χ3n) is 4.59. The summed E-state index contributed by atoms with van der Waals surface area (Å²) in [5.74, 6) is -1.20. The van der Waals surface area contributed by atoms with Gasteiger partial charge in [0.25, 0.3) is 5.91 Å². The Morgan fingerprint density at radius 2 is 1.76 bits per heavy atom. The maximum Gasteiger partial charge on any atom is 0.338 e. The van der Waals surface area contributed by atoms with Crippen molar-refractivity contribution in [3.05, 3.63) is 58.6 Å². The van der Waals surface area contributed by atoms with E-state index in [0.29, 0.717) is 23.8 Å². The number of hydrogen-bond acceptors (Lipinski definition) is 5. The zero-order valence-corrected chi connectivity index (χ0v) is 17.4. The van der Waals surface area contributed by atoms with Crippen LogP contribution < -0.4 is 5.32 Å². The van der Waals surface area contributed by atoms with Gasteiger partial charge < -0.3 is 10.1 Å². The minimum atomic E-state index is -3.54. The topological polar surface area (TPSA) is 92.8 Å². The van der Waals surface area contributed by atoms with Crippen LogP contribution in [0, 0.1) is 6.92 Å². The lowest BCUT2D eigenvalue weighted by Gasteiger charge is -2.15. The number of benzene rings is 2. The van der Waals surface area contributed by atoms with Crippen LogP contribution in [0.2, 0.25) is 5.02 Å². The van der Waals surface area contributed by atoms with E-state index >= 15 is 0 Å². The third kappa shape index (κ3) is 5.14. The first-order chi connectivity index (χ1) is 13.8. The van der Waals surface area contributed by atoms with Crippen molar-refractivity contribution >= 4 is 39.2 Å². The molecule has 0 radical (unpaired) electrons. The molecule has 7 nitrogen and oxygen atoms in total. The minimum absolute atomic E-state index is 0.131. The lowest BCUT2D eigenvalue weighted by molar-refractivity contribution is -0.119. The molecule has 1 N–H and O–H groups in total. The fourth-order valence-electron chi connectivity index (χ4n) is 3.01. The van der Waals surface area contributed by atoms with E-state index in [4.69, 9.17) is 16.3 Å². The van der Waals surface area contributed by atoms with Crippen LogP contribution in [0.1, 0.15) is 28.8 Å². The van der Waals surface area contributed by atoms with Gasteiger partial charge in [-0.2, -0.15) is 4.31 Å². The zero-order chi connectivity index (χ0) is 21.0. The molecule has 1 saturated heterocycles. The van der Waals surface area contributed by atoms with E-state index in [0.717, 1.165) is 18.4 Å². The zero-order valence-electron chi connectivity index (χ0n) is 15.9. The first kappa shape index (κ1) is 21.3. The molecule has 0 unspecified atom stereocenters. The molecule has 3 rings (SSSR count). The molecule has 1 aliphatic rings. The molecule has 1 amide bonds. The van der Waals surface area contributed by atoms with Crippen molar-refractivity contribution in [3.63, 3.8) is 0 Å². The number of anilines is 1. The summed E-state index contributed by atoms with van der Waals surface area (Å²) in [5, 5.41) is 3.20. The second-order valence-corrected chi connectivity index (χ2v) is 9.09. The molecule has 9 heteroatoms. The Bertz CT molecular complexity index is 1020. The van der Waals surface area contributed by atoms with Crippen LogP contribution in [0.25, 0.3) is 0 Å². The highest BCUT2D eigenvalue weighted by Crippen LogP contribution is 2.22. The van der Waals surface area contributed by atoms with Crippen LogP contribution in [0.4, 0.5) is 5.69 Å². The Morgan fingerprint density at radius 3 is 2.38 bits per heavy atom. The number of halogens is 1. The van der Waals surface area contributed by atoms with E-state index in [2.05, 4.69) is 5.32 Å². The number of rotatable bonds is 6. The number of nitrogens with one attached hydrogen (secondary N) is 1. The highest BCUT2D eigenvalue weighted by Gasteiger charge is 2.27. The molecule has 1 fully saturated rings. The smallest absolute Gasteiger partial charge is 0.338 e. The molecule has 2 aromatic carbocycles. The lowest BCUT2D eigenvalue weighted by atomic mass is 10.2. The normalized spacial score (nSPS) is 14.6. The molecule has 2 aromatic rings. The maximum atomic E-state index is 12.5. The molecule has 0 aromatic heterocycles. The lowest BCUT2D eigenvalue weighted by Crippen LogP contribution is -2.27. The van der Waals surface area contributed by atoms with E-state index in [1.165, 1.54) is 28.6 Å². The number of aryl methyl sites for hydroxylation is 1. The van der Waals surface area contributed by atoms with Crippen molar-refractivity contribution in [1.82, 2.24) is 4.31 Å². The summed E-state index contributed by atoms with van der Waals surface area (Å²) >= 11 is 5.88. The number of carbonyl (C=O) groups is 2. The van der Waals surface area contributed by atoms with E-state index < -0.39 is 28.5 Å². The van der Waals surface area contributed by atoms with Gasteiger partial charge in [-0.15, -0.1) is 0 Å². The summed E-state index contributed by atoms with van der Waals surface area (Å²) in [6.45, 7) is 2.35. The largest absolute Gasteiger partial charge is 0.452 e. The molecular formula is C20H21ClN2O5S. The first-order valence-electron chi connectivity index (χ1n) is 9.11. The number of carbonyl (C=O) groups excluding carboxylic acids is 2. The molecule has 0 spiro atoms. The summed E-state index contributed by atoms with van der Waals surface area (Å²) in [5.41, 5.74) is 1.53. The predicted octanol–water partition coefficient (Wildman–Crippen LogP) is 3.23. The number of hydrogen-bond donors (Lipinski definition) is 1. The monoisotopic (exact) mass is 436 g/mol. The standard InChI is InChI=1S/C20H21ClN2O5S/c1-14-12-16(21)6-9-18(14)22-19(24)13-28-20(25)15-4-7-17(8-5-15)29(26,27)23-10-2-3-11-23/h4-9,12H,2-3,10-11,13H2,1H3,(H,22,24). The van der Waals surface area contributed by atoms with Crippen LogP contribution in [-0.2, 0) is 19.6 Å². The van der Waals surface area contributed by atoms with Crippen LogP contribution in [0.3, 0.4) is 0 Å². The Kier molecular flexibility index (Phi) is 6.56. The Morgan fingerprint density at radius 1 is 1.10 bits per heavy atom. The van der Waals surface area contributed by atoms with Crippen molar-refractivity contribution in [2.45, 2.75) is 24.7 Å². The average molecular weight is 437 g/mol. The van der Waals surface area contributed by atoms with Crippen molar-refractivity contribution < 1.29 is 22.7 Å². The number of sulfonamides is 1. The van der Waals surface area contributed by atoms with Gasteiger partial charge in [-0.1, -0.05) is 11.6 Å². The number of nitrogens with zero attached hydrogens (tertiary/aromatic N) is 1. The molecule has 0 aliphatic carbocycles. The van der Waals surface area contributed by atoms with E-state index in [1.807, 2.05) is 0 Å². The molecule has 0 bridgehead atoms. The van der Waals surface area contributed by atoms with E-state index in [9.17, 15) is 18.0 Å². The first-order valence-corrected chi connectivity index (χ1v) is 10.9. The summed E-state index contributed by atoms with van der Waals surface area (Å²) < 4.78 is 31.5. The van der Waals surface area contributed by atoms with E-state index in [1.54, 1.807) is 25.1 Å². The van der Waals surface area contributed by atoms with Crippen molar-refractivity contribution in [1.29, 1.82) is 0 Å². The SMILES string of the molecule is Cc1cc(Cl)ccc1NC(=O)COC(=O)c1ccc(S(=O)(=O)N2CCCC2)cc1. The van der Waals surface area contributed by atoms with Gasteiger partial charge in [0.1, 0.15) is 0 Å². The van der Waals surface area contributed by atoms with Gasteiger partial charge >= 0.3 is 5.97 Å². The van der Waals surface area contributed by atoms with Gasteiger partial charge in [0, 0.05) is 23.8 Å². The van der Waals surface area contributed by atoms with E-state index in [-0.39, 0.29) is 10.5 Å². The second kappa shape index (κ2) is 8.94. The van der Waals surface area contributed by atoms with Crippen molar-refractivity contribution in [2.75, 3.05) is 25.0 Å². The average Bonchev–Trinajstić information content (AvgIpc) is 3.24. The number of ether oxygens (including phenoxy) is 1. The van der Waals surface area contributed by atoms with Crippen molar-refractivity contribution in [2.24, 2.45) is 0 Å². The van der Waals surface area contributed by atoms with Gasteiger partial charge in [0.2, 0.25) is 10.0 Å². The van der Waals surface area contributed by atoms with Crippen LogP contribution in [-0.4, -0.2) is 44.3 Å². The van der Waals surface area contributed by atoms with Gasteiger partial charge in [-0.05, 0) is 67.8 Å². The summed E-state index contributed by atoms with van der Waals surface area (Å²) in [7, 11) is -3.54. The summed E-state index contributed by atoms with van der Waals surface area (Å²) in [6, 6.07) is 10.5.